The number of carboxylic acid groups (broad SMARTS) is 2. The van der Waals surface area contributed by atoms with E-state index in [2.05, 4.69) is 20.7 Å². The molecule has 0 fully saturated rings. The summed E-state index contributed by atoms with van der Waals surface area (Å²) in [6, 6.07) is 13.4. The predicted octanol–water partition coefficient (Wildman–Crippen LogP) is 1.38. The van der Waals surface area contributed by atoms with E-state index in [0.717, 1.165) is 10.4 Å². The lowest BCUT2D eigenvalue weighted by atomic mass is 10.1. The highest BCUT2D eigenvalue weighted by atomic mass is 16.5. The molecule has 1 atom stereocenters. The summed E-state index contributed by atoms with van der Waals surface area (Å²) in [6.45, 7) is -0.559. The Hall–Kier alpha value is -4.61. The van der Waals surface area contributed by atoms with Crippen LogP contribution in [0.2, 0.25) is 0 Å². The number of aromatic nitrogens is 4. The largest absolute Gasteiger partial charge is 0.481 e. The van der Waals surface area contributed by atoms with E-state index >= 15 is 0 Å². The van der Waals surface area contributed by atoms with E-state index in [1.807, 2.05) is 0 Å². The molecule has 0 aliphatic carbocycles. The topological polar surface area (TPSA) is 174 Å². The molecule has 1 aromatic heterocycles. The maximum atomic E-state index is 12.6. The number of ether oxygens (including phenoxy) is 1. The number of carbonyl (C=O) groups is 4. The summed E-state index contributed by atoms with van der Waals surface area (Å²) in [4.78, 5) is 48.1. The van der Waals surface area contributed by atoms with Gasteiger partial charge in [-0.2, -0.15) is 4.80 Å². The van der Waals surface area contributed by atoms with Crippen molar-refractivity contribution in [2.24, 2.45) is 0 Å². The number of hydrogen-bond acceptors (Lipinski definition) is 8. The fourth-order valence-corrected chi connectivity index (χ4v) is 2.86. The van der Waals surface area contributed by atoms with Gasteiger partial charge in [0.25, 0.3) is 0 Å². The van der Waals surface area contributed by atoms with Gasteiger partial charge in [0.15, 0.2) is 5.78 Å². The van der Waals surface area contributed by atoms with Crippen molar-refractivity contribution < 1.29 is 34.1 Å². The zero-order valence-electron chi connectivity index (χ0n) is 17.1. The molecule has 33 heavy (non-hydrogen) atoms. The minimum Gasteiger partial charge on any atom is -0.481 e. The highest BCUT2D eigenvalue weighted by Crippen LogP contribution is 2.19. The Kier molecular flexibility index (Phi) is 7.42. The van der Waals surface area contributed by atoms with Crippen molar-refractivity contribution in [2.75, 3.05) is 0 Å². The summed E-state index contributed by atoms with van der Waals surface area (Å²) in [5, 5.41) is 32.1. The molecule has 0 saturated carbocycles. The Morgan fingerprint density at radius 3 is 2.39 bits per heavy atom. The summed E-state index contributed by atoms with van der Waals surface area (Å²) >= 11 is 0. The third-order valence-corrected chi connectivity index (χ3v) is 4.42. The Balaban J connectivity index is 1.66. The first-order chi connectivity index (χ1) is 15.8. The number of nitrogens with zero attached hydrogens (tertiary/aromatic N) is 4. The molecule has 3 N–H and O–H groups in total. The fraction of sp³-hybridized carbons (Fsp3) is 0.190. The number of nitrogens with one attached hydrogen (secondary N) is 1. The number of alkyl carbamates (subject to hydrolysis) is 1. The number of amides is 1. The number of benzene rings is 2. The number of aliphatic carboxylic acids is 1. The van der Waals surface area contributed by atoms with E-state index in [0.29, 0.717) is 0 Å². The molecule has 1 amide bonds. The maximum absolute atomic E-state index is 12.6. The van der Waals surface area contributed by atoms with Crippen LogP contribution in [0.4, 0.5) is 4.79 Å². The third kappa shape index (κ3) is 6.43. The van der Waals surface area contributed by atoms with Gasteiger partial charge in [-0.1, -0.05) is 48.5 Å². The minimum absolute atomic E-state index is 0.0224. The Bertz CT molecular complexity index is 1160. The molecule has 12 heteroatoms. The van der Waals surface area contributed by atoms with Crippen LogP contribution >= 0.6 is 0 Å². The first-order valence-corrected chi connectivity index (χ1v) is 9.65. The summed E-state index contributed by atoms with van der Waals surface area (Å²) in [6.07, 6.45) is -1.64. The molecule has 2 aromatic carbocycles. The molecule has 3 rings (SSSR count). The average Bonchev–Trinajstić information content (AvgIpc) is 3.26. The van der Waals surface area contributed by atoms with Crippen molar-refractivity contribution in [3.8, 4) is 11.4 Å². The number of aromatic carboxylic acids is 1. The van der Waals surface area contributed by atoms with Crippen molar-refractivity contribution in [1.82, 2.24) is 25.5 Å². The van der Waals surface area contributed by atoms with E-state index in [4.69, 9.17) is 9.84 Å². The monoisotopic (exact) mass is 453 g/mol. The van der Waals surface area contributed by atoms with Gasteiger partial charge in [-0.3, -0.25) is 9.59 Å². The normalized spacial score (nSPS) is 11.4. The molecular formula is C21H19N5O7. The first kappa shape index (κ1) is 23.1. The number of rotatable bonds is 10. The predicted molar refractivity (Wildman–Crippen MR) is 111 cm³/mol. The second-order valence-corrected chi connectivity index (χ2v) is 6.82. The third-order valence-electron chi connectivity index (χ3n) is 4.42. The van der Waals surface area contributed by atoms with Gasteiger partial charge < -0.3 is 20.3 Å². The molecule has 0 aliphatic rings. The molecule has 170 valence electrons. The molecular weight excluding hydrogens is 434 g/mol. The highest BCUT2D eigenvalue weighted by Gasteiger charge is 2.26. The minimum atomic E-state index is -1.40. The van der Waals surface area contributed by atoms with Gasteiger partial charge in [0, 0.05) is 5.56 Å². The van der Waals surface area contributed by atoms with Gasteiger partial charge in [-0.25, -0.2) is 9.59 Å². The Morgan fingerprint density at radius 1 is 1.00 bits per heavy atom. The Labute approximate surface area is 186 Å². The Morgan fingerprint density at radius 2 is 1.70 bits per heavy atom. The second kappa shape index (κ2) is 10.6. The van der Waals surface area contributed by atoms with Crippen molar-refractivity contribution in [2.45, 2.75) is 25.6 Å². The van der Waals surface area contributed by atoms with E-state index < -0.39 is 42.8 Å². The van der Waals surface area contributed by atoms with Crippen molar-refractivity contribution in [1.29, 1.82) is 0 Å². The van der Waals surface area contributed by atoms with Crippen LogP contribution in [0.5, 0.6) is 0 Å². The lowest BCUT2D eigenvalue weighted by Crippen LogP contribution is -2.44. The van der Waals surface area contributed by atoms with Gasteiger partial charge in [0.05, 0.1) is 12.0 Å². The van der Waals surface area contributed by atoms with Crippen LogP contribution in [0.25, 0.3) is 11.4 Å². The molecule has 0 aliphatic heterocycles. The van der Waals surface area contributed by atoms with Crippen LogP contribution in [-0.4, -0.2) is 60.3 Å². The molecule has 12 nitrogen and oxygen atoms in total. The van der Waals surface area contributed by atoms with Crippen molar-refractivity contribution in [3.63, 3.8) is 0 Å². The number of carboxylic acids is 2. The second-order valence-electron chi connectivity index (χ2n) is 6.82. The quantitative estimate of drug-likeness (QED) is 0.407. The van der Waals surface area contributed by atoms with E-state index in [-0.39, 0.29) is 23.6 Å². The smallest absolute Gasteiger partial charge is 0.408 e. The van der Waals surface area contributed by atoms with Gasteiger partial charge in [0.1, 0.15) is 19.2 Å². The maximum Gasteiger partial charge on any atom is 0.408 e. The molecule has 0 spiro atoms. The lowest BCUT2D eigenvalue weighted by Gasteiger charge is -2.15. The van der Waals surface area contributed by atoms with Crippen LogP contribution in [-0.2, 0) is 27.5 Å². The zero-order chi connectivity index (χ0) is 23.8. The SMILES string of the molecule is O=C(O)CC(NC(=O)OCc1ccccc1)C(=O)Cn1nnc(-c2ccccc2C(=O)O)n1. The van der Waals surface area contributed by atoms with Gasteiger partial charge in [-0.15, -0.1) is 10.2 Å². The number of carbonyl (C=O) groups excluding carboxylic acids is 2. The number of Topliss-reactive ketones (excluding diaryl/α,β-unsaturated/α-hetero) is 1. The highest BCUT2D eigenvalue weighted by molar-refractivity contribution is 5.95. The summed E-state index contributed by atoms with van der Waals surface area (Å²) < 4.78 is 5.04. The van der Waals surface area contributed by atoms with Crippen LogP contribution in [0.3, 0.4) is 0 Å². The van der Waals surface area contributed by atoms with Gasteiger partial charge >= 0.3 is 18.0 Å². The lowest BCUT2D eigenvalue weighted by molar-refractivity contribution is -0.139. The standard InChI is InChI=1S/C21H19N5O7/c27-17(11-26-24-19(23-25-26)14-8-4-5-9-15(14)20(30)31)16(10-18(28)29)22-21(32)33-12-13-6-2-1-3-7-13/h1-9,16H,10-12H2,(H,22,32)(H,28,29)(H,30,31). The summed E-state index contributed by atoms with van der Waals surface area (Å²) in [5.41, 5.74) is 0.873. The number of tetrazole rings is 1. The molecule has 0 bridgehead atoms. The molecule has 1 unspecified atom stereocenters. The molecule has 0 radical (unpaired) electrons. The van der Waals surface area contributed by atoms with E-state index in [1.54, 1.807) is 42.5 Å². The molecule has 0 saturated heterocycles. The van der Waals surface area contributed by atoms with Gasteiger partial charge in [-0.05, 0) is 16.8 Å². The van der Waals surface area contributed by atoms with Crippen LogP contribution in [0.15, 0.2) is 54.6 Å². The average molecular weight is 453 g/mol. The number of ketones is 1. The van der Waals surface area contributed by atoms with Crippen LogP contribution in [0, 0.1) is 0 Å². The molecule has 3 aromatic rings. The van der Waals surface area contributed by atoms with Gasteiger partial charge in [0.2, 0.25) is 5.82 Å². The summed E-state index contributed by atoms with van der Waals surface area (Å²) in [7, 11) is 0. The fourth-order valence-electron chi connectivity index (χ4n) is 2.86. The van der Waals surface area contributed by atoms with Crippen LogP contribution < -0.4 is 5.32 Å². The summed E-state index contributed by atoms with van der Waals surface area (Å²) in [5.74, 6) is -3.22. The first-order valence-electron chi connectivity index (χ1n) is 9.65. The van der Waals surface area contributed by atoms with Crippen molar-refractivity contribution >= 4 is 23.8 Å². The zero-order valence-corrected chi connectivity index (χ0v) is 17.1. The number of hydrogen-bond donors (Lipinski definition) is 3. The van der Waals surface area contributed by atoms with Crippen molar-refractivity contribution in [3.05, 3.63) is 65.7 Å². The van der Waals surface area contributed by atoms with E-state index in [9.17, 15) is 24.3 Å². The van der Waals surface area contributed by atoms with E-state index in [1.165, 1.54) is 12.1 Å². The molecule has 1 heterocycles. The van der Waals surface area contributed by atoms with Crippen LogP contribution in [0.1, 0.15) is 22.3 Å².